The average molecular weight is 617 g/mol. The van der Waals surface area contributed by atoms with Crippen LogP contribution >= 0.6 is 0 Å². The second-order valence-electron chi connectivity index (χ2n) is 12.3. The van der Waals surface area contributed by atoms with Crippen molar-refractivity contribution in [3.8, 4) is 22.3 Å². The van der Waals surface area contributed by atoms with E-state index in [1.54, 1.807) is 46.6 Å². The fourth-order valence-electron chi connectivity index (χ4n) is 5.24. The first-order valence-corrected chi connectivity index (χ1v) is 15.8. The molecule has 0 saturated heterocycles. The van der Waals surface area contributed by atoms with Gasteiger partial charge in [-0.1, -0.05) is 52.7 Å². The summed E-state index contributed by atoms with van der Waals surface area (Å²) in [5, 5.41) is 0. The summed E-state index contributed by atoms with van der Waals surface area (Å²) in [6.45, 7) is 8.69. The molecule has 0 saturated carbocycles. The molecule has 0 aliphatic heterocycles. The summed E-state index contributed by atoms with van der Waals surface area (Å²) in [4.78, 5) is 49.7. The van der Waals surface area contributed by atoms with E-state index in [1.165, 1.54) is 12.7 Å². The van der Waals surface area contributed by atoms with Crippen molar-refractivity contribution in [2.45, 2.75) is 66.2 Å². The molecule has 0 aliphatic rings. The van der Waals surface area contributed by atoms with Gasteiger partial charge in [0.2, 0.25) is 11.8 Å². The molecule has 0 amide bonds. The molecule has 4 heterocycles. The second-order valence-corrected chi connectivity index (χ2v) is 12.3. The summed E-state index contributed by atoms with van der Waals surface area (Å²) in [6.07, 6.45) is 18.3. The van der Waals surface area contributed by atoms with Crippen LogP contribution in [0.5, 0.6) is 0 Å². The van der Waals surface area contributed by atoms with Crippen molar-refractivity contribution >= 4 is 33.9 Å². The maximum Gasteiger partial charge on any atom is 0.232 e. The van der Waals surface area contributed by atoms with Gasteiger partial charge in [0.05, 0.1) is 22.1 Å². The van der Waals surface area contributed by atoms with E-state index in [1.807, 2.05) is 36.4 Å². The highest BCUT2D eigenvalue weighted by Gasteiger charge is 2.13. The maximum atomic E-state index is 12.4. The van der Waals surface area contributed by atoms with Crippen molar-refractivity contribution in [2.24, 2.45) is 11.8 Å². The zero-order valence-corrected chi connectivity index (χ0v) is 26.9. The number of aromatic nitrogens is 8. The van der Waals surface area contributed by atoms with E-state index >= 15 is 0 Å². The molecule has 0 atom stereocenters. The monoisotopic (exact) mass is 616 g/mol. The summed E-state index contributed by atoms with van der Waals surface area (Å²) in [5.41, 5.74) is 7.15. The maximum absolute atomic E-state index is 12.4. The van der Waals surface area contributed by atoms with Gasteiger partial charge in [-0.05, 0) is 60.1 Å². The first-order chi connectivity index (χ1) is 22.3. The van der Waals surface area contributed by atoms with E-state index < -0.39 is 0 Å². The molecule has 0 fully saturated rings. The molecule has 2 aromatic carbocycles. The van der Waals surface area contributed by atoms with Crippen LogP contribution in [0.15, 0.2) is 86.5 Å². The number of benzene rings is 2. The Labute approximate surface area is 269 Å². The van der Waals surface area contributed by atoms with Gasteiger partial charge in [-0.25, -0.2) is 29.9 Å². The lowest BCUT2D eigenvalue weighted by Crippen LogP contribution is -2.09. The molecule has 10 nitrogen and oxygen atoms in total. The molecule has 6 rings (SSSR count). The van der Waals surface area contributed by atoms with Crippen molar-refractivity contribution in [2.75, 3.05) is 0 Å². The molecular formula is C36H40N8O2. The third-order valence-corrected chi connectivity index (χ3v) is 7.76. The lowest BCUT2D eigenvalue weighted by atomic mass is 10.1. The molecule has 0 aliphatic carbocycles. The average Bonchev–Trinajstić information content (AvgIpc) is 3.69. The van der Waals surface area contributed by atoms with Crippen molar-refractivity contribution < 1.29 is 9.59 Å². The molecule has 236 valence electrons. The van der Waals surface area contributed by atoms with E-state index in [0.29, 0.717) is 24.7 Å². The Bertz CT molecular complexity index is 1900. The summed E-state index contributed by atoms with van der Waals surface area (Å²) < 4.78 is 3.31. The number of carbonyl (C=O) groups excluding carboxylic acids is 2. The topological polar surface area (TPSA) is 121 Å². The van der Waals surface area contributed by atoms with Crippen LogP contribution in [0, 0.1) is 11.8 Å². The Morgan fingerprint density at radius 1 is 0.587 bits per heavy atom. The first-order valence-electron chi connectivity index (χ1n) is 15.8. The zero-order chi connectivity index (χ0) is 32.5. The molecular weight excluding hydrogens is 576 g/mol. The Balaban J connectivity index is 0.000000181. The molecule has 0 spiro atoms. The smallest absolute Gasteiger partial charge is 0.232 e. The summed E-state index contributed by atoms with van der Waals surface area (Å²) >= 11 is 0. The van der Waals surface area contributed by atoms with Crippen molar-refractivity contribution in [3.63, 3.8) is 0 Å². The highest BCUT2D eigenvalue weighted by atomic mass is 16.2. The quantitative estimate of drug-likeness (QED) is 0.152. The van der Waals surface area contributed by atoms with Gasteiger partial charge in [0.25, 0.3) is 0 Å². The van der Waals surface area contributed by atoms with Crippen LogP contribution in [0.3, 0.4) is 0 Å². The molecule has 6 aromatic rings. The third kappa shape index (κ3) is 8.12. The second kappa shape index (κ2) is 15.2. The van der Waals surface area contributed by atoms with Gasteiger partial charge in [-0.3, -0.25) is 18.7 Å². The largest absolute Gasteiger partial charge is 0.274 e. The third-order valence-electron chi connectivity index (χ3n) is 7.76. The van der Waals surface area contributed by atoms with Crippen LogP contribution in [0.25, 0.3) is 44.3 Å². The normalized spacial score (nSPS) is 11.3. The molecule has 0 radical (unpaired) electrons. The van der Waals surface area contributed by atoms with Crippen LogP contribution < -0.4 is 0 Å². The lowest BCUT2D eigenvalue weighted by Gasteiger charge is -2.06. The predicted octanol–water partition coefficient (Wildman–Crippen LogP) is 7.92. The fourth-order valence-corrected chi connectivity index (χ4v) is 5.24. The van der Waals surface area contributed by atoms with E-state index in [0.717, 1.165) is 70.0 Å². The van der Waals surface area contributed by atoms with E-state index in [9.17, 15) is 9.59 Å². The van der Waals surface area contributed by atoms with E-state index in [-0.39, 0.29) is 11.8 Å². The van der Waals surface area contributed by atoms with Crippen LogP contribution in [-0.4, -0.2) is 50.9 Å². The van der Waals surface area contributed by atoms with Gasteiger partial charge in [-0.15, -0.1) is 0 Å². The van der Waals surface area contributed by atoms with Crippen LogP contribution in [0.4, 0.5) is 0 Å². The number of carbonyl (C=O) groups is 2. The number of hydrogen-bond acceptors (Lipinski definition) is 8. The van der Waals surface area contributed by atoms with Crippen molar-refractivity contribution in [1.29, 1.82) is 0 Å². The number of imidazole rings is 2. The minimum atomic E-state index is 0.0922. The Morgan fingerprint density at radius 3 is 1.61 bits per heavy atom. The van der Waals surface area contributed by atoms with Crippen LogP contribution in [-0.2, 0) is 0 Å². The molecule has 0 unspecified atom stereocenters. The lowest BCUT2D eigenvalue weighted by molar-refractivity contribution is 0.0894. The van der Waals surface area contributed by atoms with Crippen molar-refractivity contribution in [3.05, 3.63) is 86.5 Å². The number of rotatable bonds is 10. The number of hydrogen-bond donors (Lipinski definition) is 0. The Hall–Kier alpha value is -5.12. The predicted molar refractivity (Wildman–Crippen MR) is 180 cm³/mol. The van der Waals surface area contributed by atoms with Crippen molar-refractivity contribution in [1.82, 2.24) is 39.0 Å². The molecule has 4 aromatic heterocycles. The highest BCUT2D eigenvalue weighted by molar-refractivity contribution is 5.93. The highest BCUT2D eigenvalue weighted by Crippen LogP contribution is 2.25. The minimum absolute atomic E-state index is 0.0922. The zero-order valence-electron chi connectivity index (χ0n) is 26.9. The summed E-state index contributed by atoms with van der Waals surface area (Å²) in [5.74, 6) is 1.43. The molecule has 46 heavy (non-hydrogen) atoms. The van der Waals surface area contributed by atoms with Crippen LogP contribution in [0.2, 0.25) is 0 Å². The van der Waals surface area contributed by atoms with E-state index in [4.69, 9.17) is 0 Å². The molecule has 0 bridgehead atoms. The van der Waals surface area contributed by atoms with Gasteiger partial charge in [-0.2, -0.15) is 0 Å². The van der Waals surface area contributed by atoms with Gasteiger partial charge < -0.3 is 0 Å². The van der Waals surface area contributed by atoms with Gasteiger partial charge in [0, 0.05) is 48.8 Å². The summed E-state index contributed by atoms with van der Waals surface area (Å²) in [6, 6.07) is 11.7. The molecule has 10 heteroatoms. The first kappa shape index (κ1) is 32.3. The van der Waals surface area contributed by atoms with Crippen LogP contribution in [0.1, 0.15) is 75.8 Å². The minimum Gasteiger partial charge on any atom is -0.274 e. The SMILES string of the molecule is CC(C)CCCC(=O)n1cnc2cc(-c3cncnc3)ccc21.CC(C)CCCC(=O)n1cnc2ccc(-c3cncnc3)cc21. The van der Waals surface area contributed by atoms with Gasteiger partial charge in [0.15, 0.2) is 0 Å². The molecule has 0 N–H and O–H groups in total. The summed E-state index contributed by atoms with van der Waals surface area (Å²) in [7, 11) is 0. The fraction of sp³-hybridized carbons (Fsp3) is 0.333. The standard InChI is InChI=1S/2C18H20N4O/c1-13(2)4-3-5-18(23)22-12-21-16-8-14(6-7-17(16)22)15-9-19-11-20-10-15;1-13(2)4-3-5-18(23)22-12-21-16-7-6-14(8-17(16)22)15-9-19-11-20-10-15/h2*6-13H,3-5H2,1-2H3. The number of nitrogens with zero attached hydrogens (tertiary/aromatic N) is 8. The van der Waals surface area contributed by atoms with E-state index in [2.05, 4.69) is 57.6 Å². The number of fused-ring (bicyclic) bond motifs is 2. The Kier molecular flexibility index (Phi) is 10.7. The Morgan fingerprint density at radius 2 is 1.07 bits per heavy atom. The van der Waals surface area contributed by atoms with Gasteiger partial charge >= 0.3 is 0 Å². The van der Waals surface area contributed by atoms with Gasteiger partial charge in [0.1, 0.15) is 25.3 Å².